The van der Waals surface area contributed by atoms with Crippen LogP contribution in [-0.4, -0.2) is 57.1 Å². The zero-order valence-electron chi connectivity index (χ0n) is 16.5. The minimum Gasteiger partial charge on any atom is -0.368 e. The SMILES string of the molecule is C[C@@H](OP(=O)(O)O)[C@H](NC(=O)CCCc1ccccc1)C(=O)N1CC=C[C@H]1C(N)=O. The molecule has 3 amide bonds. The molecule has 1 heterocycles. The molecule has 0 unspecified atom stereocenters. The summed E-state index contributed by atoms with van der Waals surface area (Å²) in [5.74, 6) is -1.96. The van der Waals surface area contributed by atoms with Crippen LogP contribution in [0.4, 0.5) is 0 Å². The Bertz CT molecular complexity index is 840. The van der Waals surface area contributed by atoms with Gasteiger partial charge in [0.25, 0.3) is 0 Å². The summed E-state index contributed by atoms with van der Waals surface area (Å²) in [7, 11) is -4.92. The summed E-state index contributed by atoms with van der Waals surface area (Å²) in [6.07, 6.45) is 2.94. The van der Waals surface area contributed by atoms with Crippen LogP contribution in [0, 0.1) is 0 Å². The molecule has 2 rings (SSSR count). The van der Waals surface area contributed by atoms with E-state index in [1.54, 1.807) is 6.08 Å². The van der Waals surface area contributed by atoms with Crippen LogP contribution in [0.3, 0.4) is 0 Å². The van der Waals surface area contributed by atoms with Gasteiger partial charge >= 0.3 is 7.82 Å². The van der Waals surface area contributed by atoms with E-state index in [1.165, 1.54) is 13.0 Å². The van der Waals surface area contributed by atoms with Crippen molar-refractivity contribution in [2.45, 2.75) is 44.4 Å². The topological polar surface area (TPSA) is 159 Å². The van der Waals surface area contributed by atoms with Crippen molar-refractivity contribution in [3.8, 4) is 0 Å². The first-order valence-corrected chi connectivity index (χ1v) is 10.9. The molecule has 10 nitrogen and oxygen atoms in total. The molecule has 11 heteroatoms. The molecule has 3 atom stereocenters. The van der Waals surface area contributed by atoms with Crippen LogP contribution >= 0.6 is 7.82 Å². The van der Waals surface area contributed by atoms with Gasteiger partial charge in [0.05, 0.1) is 6.10 Å². The van der Waals surface area contributed by atoms with Crippen LogP contribution in [0.25, 0.3) is 0 Å². The number of carbonyl (C=O) groups excluding carboxylic acids is 3. The summed E-state index contributed by atoms with van der Waals surface area (Å²) in [6, 6.07) is 7.14. The van der Waals surface area contributed by atoms with E-state index in [0.29, 0.717) is 12.8 Å². The molecule has 0 bridgehead atoms. The minimum absolute atomic E-state index is 0.0788. The van der Waals surface area contributed by atoms with Gasteiger partial charge in [-0.1, -0.05) is 42.5 Å². The lowest BCUT2D eigenvalue weighted by Crippen LogP contribution is -2.57. The quantitative estimate of drug-likeness (QED) is 0.300. The molecule has 1 aliphatic rings. The van der Waals surface area contributed by atoms with E-state index in [0.717, 1.165) is 10.5 Å². The second-order valence-electron chi connectivity index (χ2n) is 6.95. The van der Waals surface area contributed by atoms with Crippen molar-refractivity contribution in [1.82, 2.24) is 10.2 Å². The Hall–Kier alpha value is -2.52. The average Bonchev–Trinajstić information content (AvgIpc) is 3.15. The van der Waals surface area contributed by atoms with Crippen molar-refractivity contribution in [1.29, 1.82) is 0 Å². The third-order valence-electron chi connectivity index (χ3n) is 4.60. The van der Waals surface area contributed by atoms with Gasteiger partial charge in [-0.15, -0.1) is 0 Å². The van der Waals surface area contributed by atoms with Gasteiger partial charge in [-0.2, -0.15) is 0 Å². The van der Waals surface area contributed by atoms with E-state index >= 15 is 0 Å². The van der Waals surface area contributed by atoms with Gasteiger partial charge in [0, 0.05) is 13.0 Å². The highest BCUT2D eigenvalue weighted by molar-refractivity contribution is 7.46. The van der Waals surface area contributed by atoms with Crippen LogP contribution < -0.4 is 11.1 Å². The minimum atomic E-state index is -4.92. The Morgan fingerprint density at radius 3 is 2.57 bits per heavy atom. The molecule has 0 saturated heterocycles. The monoisotopic (exact) mass is 439 g/mol. The molecular weight excluding hydrogens is 413 g/mol. The molecule has 0 aliphatic carbocycles. The zero-order chi connectivity index (χ0) is 22.3. The van der Waals surface area contributed by atoms with Crippen LogP contribution in [0.2, 0.25) is 0 Å². The van der Waals surface area contributed by atoms with Crippen LogP contribution in [0.15, 0.2) is 42.5 Å². The maximum atomic E-state index is 12.9. The lowest BCUT2D eigenvalue weighted by Gasteiger charge is -2.30. The lowest BCUT2D eigenvalue weighted by molar-refractivity contribution is -0.142. The Morgan fingerprint density at radius 1 is 1.30 bits per heavy atom. The smallest absolute Gasteiger partial charge is 0.368 e. The third kappa shape index (κ3) is 7.07. The van der Waals surface area contributed by atoms with E-state index in [9.17, 15) is 18.9 Å². The Balaban J connectivity index is 2.05. The molecule has 0 saturated carbocycles. The van der Waals surface area contributed by atoms with Crippen LogP contribution in [0.5, 0.6) is 0 Å². The second kappa shape index (κ2) is 10.5. The van der Waals surface area contributed by atoms with Gasteiger partial charge in [-0.05, 0) is 25.3 Å². The van der Waals surface area contributed by atoms with E-state index in [-0.39, 0.29) is 13.0 Å². The maximum absolute atomic E-state index is 12.9. The number of hydrogen-bond acceptors (Lipinski definition) is 5. The first kappa shape index (κ1) is 23.8. The molecule has 0 spiro atoms. The highest BCUT2D eigenvalue weighted by atomic mass is 31.2. The normalized spacial score (nSPS) is 18.1. The number of aryl methyl sites for hydroxylation is 1. The number of amides is 3. The fourth-order valence-electron chi connectivity index (χ4n) is 3.18. The van der Waals surface area contributed by atoms with E-state index in [4.69, 9.17) is 15.5 Å². The van der Waals surface area contributed by atoms with Crippen LogP contribution in [-0.2, 0) is 29.9 Å². The maximum Gasteiger partial charge on any atom is 0.469 e. The van der Waals surface area contributed by atoms with Crippen LogP contribution in [0.1, 0.15) is 25.3 Å². The van der Waals surface area contributed by atoms with Crippen molar-refractivity contribution >= 4 is 25.5 Å². The molecule has 1 aliphatic heterocycles. The average molecular weight is 439 g/mol. The van der Waals surface area contributed by atoms with Crippen molar-refractivity contribution < 1.29 is 33.3 Å². The number of benzene rings is 1. The molecule has 1 aromatic carbocycles. The number of phosphoric ester groups is 1. The highest BCUT2D eigenvalue weighted by Crippen LogP contribution is 2.38. The van der Waals surface area contributed by atoms with Crippen molar-refractivity contribution in [3.05, 3.63) is 48.0 Å². The molecule has 5 N–H and O–H groups in total. The largest absolute Gasteiger partial charge is 0.469 e. The zero-order valence-corrected chi connectivity index (χ0v) is 17.4. The first-order chi connectivity index (χ1) is 14.1. The highest BCUT2D eigenvalue weighted by Gasteiger charge is 2.38. The van der Waals surface area contributed by atoms with E-state index < -0.39 is 43.7 Å². The predicted octanol–water partition coefficient (Wildman–Crippen LogP) is 0.244. The number of phosphoric acid groups is 1. The third-order valence-corrected chi connectivity index (χ3v) is 5.21. The van der Waals surface area contributed by atoms with Crippen molar-refractivity contribution in [2.24, 2.45) is 5.73 Å². The molecule has 0 radical (unpaired) electrons. The first-order valence-electron chi connectivity index (χ1n) is 9.42. The molecule has 0 aromatic heterocycles. The number of primary amides is 1. The molecule has 0 fully saturated rings. The summed E-state index contributed by atoms with van der Waals surface area (Å²) in [4.78, 5) is 56.2. The Morgan fingerprint density at radius 2 is 1.97 bits per heavy atom. The Kier molecular flexibility index (Phi) is 8.31. The van der Waals surface area contributed by atoms with Gasteiger partial charge in [0.1, 0.15) is 12.1 Å². The summed E-state index contributed by atoms with van der Waals surface area (Å²) in [6.45, 7) is 1.34. The Labute approximate surface area is 174 Å². The summed E-state index contributed by atoms with van der Waals surface area (Å²) < 4.78 is 15.8. The van der Waals surface area contributed by atoms with Gasteiger partial charge in [0.15, 0.2) is 0 Å². The fourth-order valence-corrected chi connectivity index (χ4v) is 3.73. The number of rotatable bonds is 10. The number of hydrogen-bond donors (Lipinski definition) is 4. The van der Waals surface area contributed by atoms with Gasteiger partial charge < -0.3 is 25.7 Å². The molecule has 1 aromatic rings. The number of nitrogens with one attached hydrogen (secondary N) is 1. The number of carbonyl (C=O) groups is 3. The molecular formula is C19H26N3O7P. The van der Waals surface area contributed by atoms with E-state index in [1.807, 2.05) is 30.3 Å². The van der Waals surface area contributed by atoms with Gasteiger partial charge in [0.2, 0.25) is 17.7 Å². The van der Waals surface area contributed by atoms with Gasteiger partial charge in [-0.25, -0.2) is 4.57 Å². The molecule has 30 heavy (non-hydrogen) atoms. The lowest BCUT2D eigenvalue weighted by atomic mass is 10.1. The summed E-state index contributed by atoms with van der Waals surface area (Å²) in [5.41, 5.74) is 6.36. The van der Waals surface area contributed by atoms with E-state index in [2.05, 4.69) is 9.84 Å². The fraction of sp³-hybridized carbons (Fsp3) is 0.421. The number of nitrogens with zero attached hydrogens (tertiary/aromatic N) is 1. The number of nitrogens with two attached hydrogens (primary N) is 1. The second-order valence-corrected chi connectivity index (χ2v) is 8.14. The molecule has 164 valence electrons. The van der Waals surface area contributed by atoms with Crippen molar-refractivity contribution in [3.63, 3.8) is 0 Å². The standard InChI is InChI=1S/C19H26N3O7P/c1-13(29-30(26,27)28)17(19(25)22-12-6-10-15(22)18(20)24)21-16(23)11-5-9-14-7-3-2-4-8-14/h2-4,6-8,10,13,15,17H,5,9,11-12H2,1H3,(H2,20,24)(H,21,23)(H2,26,27,28)/t13-,15+,17+/m1/s1. The van der Waals surface area contributed by atoms with Gasteiger partial charge in [-0.3, -0.25) is 18.9 Å². The van der Waals surface area contributed by atoms with Crippen molar-refractivity contribution in [2.75, 3.05) is 6.54 Å². The summed E-state index contributed by atoms with van der Waals surface area (Å²) >= 11 is 0. The summed E-state index contributed by atoms with van der Waals surface area (Å²) in [5, 5.41) is 2.48. The predicted molar refractivity (Wildman–Crippen MR) is 108 cm³/mol.